The number of H-pyrrole nitrogens is 1. The summed E-state index contributed by atoms with van der Waals surface area (Å²) in [4.78, 5) is 9.51. The van der Waals surface area contributed by atoms with Crippen molar-refractivity contribution < 1.29 is 4.74 Å². The monoisotopic (exact) mass is 395 g/mol. The van der Waals surface area contributed by atoms with Gasteiger partial charge in [-0.25, -0.2) is 9.50 Å². The lowest BCUT2D eigenvalue weighted by molar-refractivity contribution is 0.416. The van der Waals surface area contributed by atoms with Crippen LogP contribution in [0.1, 0.15) is 49.0 Å². The SMILES string of the molecule is COc1cc(-c2[nH]c3cc(C4CCNCC4)sc3c2C(C)C)cn2ncnc12. The number of hydrogen-bond acceptors (Lipinski definition) is 5. The Morgan fingerprint density at radius 2 is 2.07 bits per heavy atom. The molecule has 0 aliphatic carbocycles. The molecule has 0 amide bonds. The molecular formula is C21H25N5OS. The molecule has 0 spiro atoms. The number of pyridine rings is 1. The van der Waals surface area contributed by atoms with Gasteiger partial charge in [0.15, 0.2) is 11.4 Å². The first-order valence-electron chi connectivity index (χ1n) is 9.89. The van der Waals surface area contributed by atoms with Crippen LogP contribution in [0.4, 0.5) is 0 Å². The van der Waals surface area contributed by atoms with Crippen molar-refractivity contribution >= 4 is 27.2 Å². The quantitative estimate of drug-likeness (QED) is 0.532. The van der Waals surface area contributed by atoms with E-state index in [1.165, 1.54) is 33.5 Å². The van der Waals surface area contributed by atoms with Crippen LogP contribution in [0.25, 0.3) is 27.1 Å². The average Bonchev–Trinajstić information content (AvgIpc) is 3.41. The molecule has 2 N–H and O–H groups in total. The van der Waals surface area contributed by atoms with Crippen LogP contribution < -0.4 is 10.1 Å². The van der Waals surface area contributed by atoms with Crippen molar-refractivity contribution in [1.29, 1.82) is 0 Å². The summed E-state index contributed by atoms with van der Waals surface area (Å²) in [6.07, 6.45) is 6.05. The molecule has 1 saturated heterocycles. The van der Waals surface area contributed by atoms with Gasteiger partial charge in [0, 0.05) is 16.6 Å². The Balaban J connectivity index is 1.65. The second kappa shape index (κ2) is 6.90. The number of hydrogen-bond donors (Lipinski definition) is 2. The number of aromatic amines is 1. The Labute approximate surface area is 167 Å². The second-order valence-corrected chi connectivity index (χ2v) is 8.89. The third kappa shape index (κ3) is 2.81. The molecule has 4 aromatic heterocycles. The van der Waals surface area contributed by atoms with Gasteiger partial charge in [-0.05, 0) is 55.5 Å². The Kier molecular flexibility index (Phi) is 4.36. The fourth-order valence-corrected chi connectivity index (χ4v) is 5.77. The molecular weight excluding hydrogens is 370 g/mol. The van der Waals surface area contributed by atoms with Gasteiger partial charge < -0.3 is 15.0 Å². The molecule has 0 atom stereocenters. The number of ether oxygens (including phenoxy) is 1. The molecule has 0 saturated carbocycles. The fraction of sp³-hybridized carbons (Fsp3) is 0.429. The fourth-order valence-electron chi connectivity index (χ4n) is 4.29. The Morgan fingerprint density at radius 3 is 2.82 bits per heavy atom. The van der Waals surface area contributed by atoms with Crippen molar-refractivity contribution in [2.24, 2.45) is 0 Å². The van der Waals surface area contributed by atoms with E-state index in [9.17, 15) is 0 Å². The maximum Gasteiger partial charge on any atom is 0.197 e. The third-order valence-electron chi connectivity index (χ3n) is 5.69. The van der Waals surface area contributed by atoms with Gasteiger partial charge in [-0.2, -0.15) is 5.10 Å². The molecule has 7 heteroatoms. The predicted molar refractivity (Wildman–Crippen MR) is 114 cm³/mol. The van der Waals surface area contributed by atoms with Crippen LogP contribution in [0.5, 0.6) is 5.75 Å². The molecule has 5 rings (SSSR count). The smallest absolute Gasteiger partial charge is 0.197 e. The maximum atomic E-state index is 5.56. The Morgan fingerprint density at radius 1 is 1.25 bits per heavy atom. The zero-order valence-corrected chi connectivity index (χ0v) is 17.3. The lowest BCUT2D eigenvalue weighted by atomic mass is 9.96. The van der Waals surface area contributed by atoms with Crippen molar-refractivity contribution in [3.8, 4) is 17.0 Å². The molecule has 0 aromatic carbocycles. The van der Waals surface area contributed by atoms with E-state index in [0.717, 1.165) is 35.7 Å². The van der Waals surface area contributed by atoms with E-state index in [-0.39, 0.29) is 0 Å². The first-order valence-corrected chi connectivity index (χ1v) is 10.7. The Bertz CT molecular complexity index is 1130. The molecule has 1 aliphatic heterocycles. The topological polar surface area (TPSA) is 67.2 Å². The minimum atomic E-state index is 0.417. The number of thiophene rings is 1. The average molecular weight is 396 g/mol. The van der Waals surface area contributed by atoms with Crippen molar-refractivity contribution in [2.45, 2.75) is 38.5 Å². The minimum Gasteiger partial charge on any atom is -0.493 e. The number of fused-ring (bicyclic) bond motifs is 2. The van der Waals surface area contributed by atoms with Crippen LogP contribution in [-0.4, -0.2) is 39.8 Å². The number of aromatic nitrogens is 4. The summed E-state index contributed by atoms with van der Waals surface area (Å²) in [7, 11) is 1.68. The van der Waals surface area contributed by atoms with Crippen LogP contribution in [0.15, 0.2) is 24.7 Å². The highest BCUT2D eigenvalue weighted by atomic mass is 32.1. The van der Waals surface area contributed by atoms with E-state index in [4.69, 9.17) is 4.74 Å². The normalized spacial score (nSPS) is 15.9. The van der Waals surface area contributed by atoms with E-state index in [0.29, 0.717) is 11.8 Å². The van der Waals surface area contributed by atoms with Crippen molar-refractivity contribution in [3.63, 3.8) is 0 Å². The Hall–Kier alpha value is -2.38. The molecule has 0 bridgehead atoms. The van der Waals surface area contributed by atoms with Crippen molar-refractivity contribution in [1.82, 2.24) is 24.9 Å². The maximum absolute atomic E-state index is 5.56. The van der Waals surface area contributed by atoms with Crippen LogP contribution in [-0.2, 0) is 0 Å². The summed E-state index contributed by atoms with van der Waals surface area (Å²) in [6, 6.07) is 4.43. The lowest BCUT2D eigenvalue weighted by Gasteiger charge is -2.21. The molecule has 28 heavy (non-hydrogen) atoms. The number of rotatable bonds is 4. The third-order valence-corrected chi connectivity index (χ3v) is 7.02. The van der Waals surface area contributed by atoms with E-state index < -0.39 is 0 Å². The van der Waals surface area contributed by atoms with E-state index in [1.54, 1.807) is 18.0 Å². The summed E-state index contributed by atoms with van der Waals surface area (Å²) in [5, 5.41) is 7.78. The molecule has 1 fully saturated rings. The summed E-state index contributed by atoms with van der Waals surface area (Å²) < 4.78 is 8.73. The van der Waals surface area contributed by atoms with E-state index >= 15 is 0 Å². The highest BCUT2D eigenvalue weighted by Gasteiger charge is 2.23. The van der Waals surface area contributed by atoms with Gasteiger partial charge in [0.05, 0.1) is 23.0 Å². The lowest BCUT2D eigenvalue weighted by Crippen LogP contribution is -2.26. The zero-order chi connectivity index (χ0) is 19.3. The largest absolute Gasteiger partial charge is 0.493 e. The first kappa shape index (κ1) is 17.7. The molecule has 4 aromatic rings. The highest BCUT2D eigenvalue weighted by Crippen LogP contribution is 2.43. The summed E-state index contributed by atoms with van der Waals surface area (Å²) in [6.45, 7) is 6.77. The molecule has 1 aliphatic rings. The molecule has 6 nitrogen and oxygen atoms in total. The van der Waals surface area contributed by atoms with Gasteiger partial charge in [0.2, 0.25) is 0 Å². The number of piperidine rings is 1. The second-order valence-electron chi connectivity index (χ2n) is 7.81. The number of methoxy groups -OCH3 is 1. The highest BCUT2D eigenvalue weighted by molar-refractivity contribution is 7.19. The molecule has 0 unspecified atom stereocenters. The van der Waals surface area contributed by atoms with Gasteiger partial charge in [0.1, 0.15) is 6.33 Å². The van der Waals surface area contributed by atoms with Gasteiger partial charge in [0.25, 0.3) is 0 Å². The minimum absolute atomic E-state index is 0.417. The predicted octanol–water partition coefficient (Wildman–Crippen LogP) is 4.54. The molecule has 0 radical (unpaired) electrons. The van der Waals surface area contributed by atoms with Crippen LogP contribution >= 0.6 is 11.3 Å². The number of nitrogens with zero attached hydrogens (tertiary/aromatic N) is 3. The number of nitrogens with one attached hydrogen (secondary N) is 2. The van der Waals surface area contributed by atoms with Crippen LogP contribution in [0.3, 0.4) is 0 Å². The molecule has 146 valence electrons. The van der Waals surface area contributed by atoms with Gasteiger partial charge in [-0.1, -0.05) is 13.8 Å². The first-order chi connectivity index (χ1) is 13.7. The molecule has 5 heterocycles. The summed E-state index contributed by atoms with van der Waals surface area (Å²) >= 11 is 1.96. The summed E-state index contributed by atoms with van der Waals surface area (Å²) in [5.41, 5.74) is 5.59. The van der Waals surface area contributed by atoms with Crippen molar-refractivity contribution in [2.75, 3.05) is 20.2 Å². The van der Waals surface area contributed by atoms with Crippen molar-refractivity contribution in [3.05, 3.63) is 35.1 Å². The van der Waals surface area contributed by atoms with Gasteiger partial charge in [-0.3, -0.25) is 0 Å². The zero-order valence-electron chi connectivity index (χ0n) is 16.5. The van der Waals surface area contributed by atoms with Gasteiger partial charge >= 0.3 is 0 Å². The van der Waals surface area contributed by atoms with Gasteiger partial charge in [-0.15, -0.1) is 11.3 Å². The van der Waals surface area contributed by atoms with Crippen LogP contribution in [0.2, 0.25) is 0 Å². The van der Waals surface area contributed by atoms with Crippen LogP contribution in [0, 0.1) is 0 Å². The van der Waals surface area contributed by atoms with E-state index in [2.05, 4.69) is 46.4 Å². The van der Waals surface area contributed by atoms with E-state index in [1.807, 2.05) is 17.5 Å². The summed E-state index contributed by atoms with van der Waals surface area (Å²) in [5.74, 6) is 1.83. The standard InChI is InChI=1S/C21H25N5OS/c1-12(2)18-19(14-8-16(27-3)21-23-11-24-26(21)10-14)25-15-9-17(28-20(15)18)13-4-6-22-7-5-13/h8-13,22,25H,4-7H2,1-3H3.